The van der Waals surface area contributed by atoms with Gasteiger partial charge in [0, 0.05) is 22.6 Å². The number of anilines is 1. The van der Waals surface area contributed by atoms with Crippen LogP contribution >= 0.6 is 0 Å². The van der Waals surface area contributed by atoms with Crippen molar-refractivity contribution in [2.24, 2.45) is 17.6 Å². The van der Waals surface area contributed by atoms with Crippen LogP contribution < -0.4 is 11.5 Å². The molecule has 33 heavy (non-hydrogen) atoms. The fourth-order valence-corrected chi connectivity index (χ4v) is 5.49. The SMILES string of the molecule is Cc1c(N)c(O)c2c(c1F)C[C@H]1C[C@H]3[C@H](N(C)C)C(=O)C(C(N)=O)=C(O)[C@@]3(O)C(=O)C1=C2O. The zero-order chi connectivity index (χ0) is 24.7. The van der Waals surface area contributed by atoms with E-state index in [2.05, 4.69) is 0 Å². The summed E-state index contributed by atoms with van der Waals surface area (Å²) in [7, 11) is 2.99. The van der Waals surface area contributed by atoms with Crippen LogP contribution in [-0.2, 0) is 20.8 Å². The average molecular weight is 461 g/mol. The summed E-state index contributed by atoms with van der Waals surface area (Å²) < 4.78 is 15.0. The quantitative estimate of drug-likeness (QED) is 0.200. The number of likely N-dealkylation sites (N-methyl/N-ethyl adjacent to an activating group) is 1. The van der Waals surface area contributed by atoms with Crippen molar-refractivity contribution < 1.29 is 39.2 Å². The minimum Gasteiger partial charge on any atom is -0.508 e. The van der Waals surface area contributed by atoms with Crippen LogP contribution in [0.25, 0.3) is 5.76 Å². The molecule has 1 fully saturated rings. The molecule has 8 N–H and O–H groups in total. The zero-order valence-corrected chi connectivity index (χ0v) is 18.1. The fraction of sp³-hybridized carbons (Fsp3) is 0.409. The smallest absolute Gasteiger partial charge is 0.255 e. The van der Waals surface area contributed by atoms with E-state index >= 15 is 4.39 Å². The number of fused-ring (bicyclic) bond motifs is 3. The second-order valence-electron chi connectivity index (χ2n) is 9.02. The van der Waals surface area contributed by atoms with Crippen LogP contribution in [0.1, 0.15) is 23.1 Å². The minimum atomic E-state index is -2.74. The van der Waals surface area contributed by atoms with Gasteiger partial charge in [-0.15, -0.1) is 0 Å². The van der Waals surface area contributed by atoms with Gasteiger partial charge >= 0.3 is 0 Å². The number of carbonyl (C=O) groups excluding carboxylic acids is 3. The number of aliphatic hydroxyl groups is 3. The highest BCUT2D eigenvalue weighted by atomic mass is 19.1. The minimum absolute atomic E-state index is 0.0215. The number of benzene rings is 1. The lowest BCUT2D eigenvalue weighted by atomic mass is 9.57. The summed E-state index contributed by atoms with van der Waals surface area (Å²) in [4.78, 5) is 39.9. The fourth-order valence-electron chi connectivity index (χ4n) is 5.49. The number of carbonyl (C=O) groups is 3. The van der Waals surface area contributed by atoms with E-state index in [4.69, 9.17) is 11.5 Å². The molecule has 0 aliphatic heterocycles. The Balaban J connectivity index is 2.02. The normalized spacial score (nSPS) is 29.2. The largest absolute Gasteiger partial charge is 0.508 e. The molecule has 1 amide bonds. The summed E-state index contributed by atoms with van der Waals surface area (Å²) in [6, 6.07) is -1.20. The number of nitrogens with two attached hydrogens (primary N) is 2. The molecule has 1 aromatic rings. The van der Waals surface area contributed by atoms with E-state index < -0.39 is 69.6 Å². The maximum absolute atomic E-state index is 15.0. The lowest BCUT2D eigenvalue weighted by Crippen LogP contribution is -2.65. The Morgan fingerprint density at radius 1 is 1.21 bits per heavy atom. The Kier molecular flexibility index (Phi) is 4.84. The van der Waals surface area contributed by atoms with Gasteiger partial charge in [0.2, 0.25) is 5.78 Å². The molecular formula is C22H24FN3O7. The number of primary amides is 1. The molecule has 0 saturated heterocycles. The third kappa shape index (κ3) is 2.69. The summed E-state index contributed by atoms with van der Waals surface area (Å²) in [5, 5.41) is 43.6. The van der Waals surface area contributed by atoms with Crippen molar-refractivity contribution >= 4 is 28.9 Å². The van der Waals surface area contributed by atoms with E-state index in [0.29, 0.717) is 0 Å². The molecule has 176 valence electrons. The number of halogens is 1. The van der Waals surface area contributed by atoms with Gasteiger partial charge in [-0.05, 0) is 39.8 Å². The molecule has 1 saturated carbocycles. The first-order valence-electron chi connectivity index (χ1n) is 10.2. The van der Waals surface area contributed by atoms with E-state index in [-0.39, 0.29) is 40.8 Å². The number of phenolic OH excluding ortho intramolecular Hbond substituents is 1. The van der Waals surface area contributed by atoms with Gasteiger partial charge in [-0.25, -0.2) is 4.39 Å². The Labute approximate surface area is 187 Å². The average Bonchev–Trinajstić information content (AvgIpc) is 2.72. The molecule has 4 rings (SSSR count). The van der Waals surface area contributed by atoms with Gasteiger partial charge in [0.25, 0.3) is 5.91 Å². The van der Waals surface area contributed by atoms with Crippen molar-refractivity contribution in [2.75, 3.05) is 19.8 Å². The molecule has 3 aliphatic carbocycles. The third-order valence-corrected chi connectivity index (χ3v) is 7.11. The van der Waals surface area contributed by atoms with Gasteiger partial charge < -0.3 is 31.9 Å². The van der Waals surface area contributed by atoms with Gasteiger partial charge in [0.1, 0.15) is 28.7 Å². The number of hydrogen-bond acceptors (Lipinski definition) is 9. The topological polar surface area (TPSA) is 187 Å². The number of nitrogen functional groups attached to an aromatic ring is 1. The lowest BCUT2D eigenvalue weighted by molar-refractivity contribution is -0.153. The standard InChI is InChI=1S/C22H24FN3O7/c1-6-13(23)8-4-7-5-9-15(26(2)3)18(29)12(21(25)32)20(31)22(9,33)19(30)10(7)16(27)11(8)17(28)14(6)24/h7,9,15,27-28,31,33H,4-5,24H2,1-3H3,(H2,25,32)/t7-,9-,15-,22-/m0/s1. The first-order valence-corrected chi connectivity index (χ1v) is 10.2. The molecule has 11 heteroatoms. The summed E-state index contributed by atoms with van der Waals surface area (Å²) >= 11 is 0. The van der Waals surface area contributed by atoms with Crippen LogP contribution in [0, 0.1) is 24.6 Å². The van der Waals surface area contributed by atoms with Crippen molar-refractivity contribution in [1.82, 2.24) is 4.90 Å². The number of aromatic hydroxyl groups is 1. The highest BCUT2D eigenvalue weighted by molar-refractivity contribution is 6.24. The third-order valence-electron chi connectivity index (χ3n) is 7.11. The Morgan fingerprint density at radius 2 is 1.82 bits per heavy atom. The maximum atomic E-state index is 15.0. The van der Waals surface area contributed by atoms with Crippen molar-refractivity contribution in [3.8, 4) is 5.75 Å². The predicted molar refractivity (Wildman–Crippen MR) is 113 cm³/mol. The number of phenols is 1. The van der Waals surface area contributed by atoms with Crippen molar-refractivity contribution in [3.63, 3.8) is 0 Å². The van der Waals surface area contributed by atoms with Crippen LogP contribution in [0.3, 0.4) is 0 Å². The number of nitrogens with zero attached hydrogens (tertiary/aromatic N) is 1. The van der Waals surface area contributed by atoms with Crippen molar-refractivity contribution in [1.29, 1.82) is 0 Å². The first-order chi connectivity index (χ1) is 15.3. The van der Waals surface area contributed by atoms with Gasteiger partial charge in [-0.2, -0.15) is 0 Å². The molecule has 10 nitrogen and oxygen atoms in total. The molecule has 3 aliphatic rings. The van der Waals surface area contributed by atoms with E-state index in [0.717, 1.165) is 0 Å². The maximum Gasteiger partial charge on any atom is 0.255 e. The number of rotatable bonds is 2. The number of hydrogen-bond donors (Lipinski definition) is 6. The molecular weight excluding hydrogens is 437 g/mol. The summed E-state index contributed by atoms with van der Waals surface area (Å²) in [6.45, 7) is 1.36. The molecule has 0 bridgehead atoms. The summed E-state index contributed by atoms with van der Waals surface area (Å²) in [6.07, 6.45) is -0.246. The Hall–Kier alpha value is -3.44. The lowest BCUT2D eigenvalue weighted by Gasteiger charge is -2.50. The number of Topliss-reactive ketones (excluding diaryl/α,β-unsaturated/α-hetero) is 2. The Bertz CT molecular complexity index is 1220. The second-order valence-corrected chi connectivity index (χ2v) is 9.02. The monoisotopic (exact) mass is 461 g/mol. The molecule has 4 atom stereocenters. The van der Waals surface area contributed by atoms with E-state index in [9.17, 15) is 34.8 Å². The number of amides is 1. The second kappa shape index (κ2) is 7.03. The molecule has 0 aromatic heterocycles. The van der Waals surface area contributed by atoms with E-state index in [1.165, 1.54) is 25.9 Å². The predicted octanol–water partition coefficient (Wildman–Crippen LogP) is -0.00628. The van der Waals surface area contributed by atoms with Crippen LogP contribution in [0.4, 0.5) is 10.1 Å². The molecule has 0 heterocycles. The summed E-state index contributed by atoms with van der Waals surface area (Å²) in [5.74, 6) is -8.73. The van der Waals surface area contributed by atoms with Gasteiger partial charge in [0.05, 0.1) is 17.3 Å². The zero-order valence-electron chi connectivity index (χ0n) is 18.1. The number of aliphatic hydroxyl groups excluding tert-OH is 2. The van der Waals surface area contributed by atoms with E-state index in [1.807, 2.05) is 0 Å². The molecule has 1 aromatic carbocycles. The van der Waals surface area contributed by atoms with Crippen LogP contribution in [0.5, 0.6) is 5.75 Å². The molecule has 0 spiro atoms. The van der Waals surface area contributed by atoms with Crippen LogP contribution in [0.15, 0.2) is 16.9 Å². The summed E-state index contributed by atoms with van der Waals surface area (Å²) in [5.41, 5.74) is 6.25. The van der Waals surface area contributed by atoms with Crippen LogP contribution in [-0.4, -0.2) is 68.5 Å². The molecule has 0 radical (unpaired) electrons. The van der Waals surface area contributed by atoms with Crippen LogP contribution in [0.2, 0.25) is 0 Å². The van der Waals surface area contributed by atoms with Crippen molar-refractivity contribution in [2.45, 2.75) is 31.4 Å². The highest BCUT2D eigenvalue weighted by Gasteiger charge is 2.64. The van der Waals surface area contributed by atoms with Gasteiger partial charge in [-0.1, -0.05) is 0 Å². The highest BCUT2D eigenvalue weighted by Crippen LogP contribution is 2.53. The molecule has 0 unspecified atom stereocenters. The van der Waals surface area contributed by atoms with Gasteiger partial charge in [-0.3, -0.25) is 19.3 Å². The first kappa shape index (κ1) is 22.7. The Morgan fingerprint density at radius 3 is 2.36 bits per heavy atom. The van der Waals surface area contributed by atoms with E-state index in [1.54, 1.807) is 0 Å². The van der Waals surface area contributed by atoms with Gasteiger partial charge in [0.15, 0.2) is 11.4 Å². The number of ketones is 2. The van der Waals surface area contributed by atoms with Crippen molar-refractivity contribution in [3.05, 3.63) is 39.4 Å².